The molecule has 0 aliphatic heterocycles. The molecule has 2 N–H and O–H groups in total. The maximum Gasteiger partial charge on any atom is 0.171 e. The summed E-state index contributed by atoms with van der Waals surface area (Å²) in [6.45, 7) is 1.30. The van der Waals surface area contributed by atoms with Gasteiger partial charge in [0.2, 0.25) is 0 Å². The van der Waals surface area contributed by atoms with Gasteiger partial charge in [0.25, 0.3) is 0 Å². The molecule has 0 unspecified atom stereocenters. The summed E-state index contributed by atoms with van der Waals surface area (Å²) in [7, 11) is 0. The molecule has 0 aliphatic rings. The Balaban J connectivity index is 3.39. The first-order valence-corrected chi connectivity index (χ1v) is 4.14. The van der Waals surface area contributed by atoms with E-state index in [1.807, 2.05) is 0 Å². The number of phenols is 1. The lowest BCUT2D eigenvalue weighted by Gasteiger charge is -2.06. The summed E-state index contributed by atoms with van der Waals surface area (Å²) in [5.74, 6) is -1.21. The number of aryl methyl sites for hydroxylation is 1. The van der Waals surface area contributed by atoms with Crippen LogP contribution < -0.4 is 0 Å². The molecule has 0 radical (unpaired) electrons. The second-order valence-electron chi connectivity index (χ2n) is 2.49. The lowest BCUT2D eigenvalue weighted by molar-refractivity contribution is 0.273. The van der Waals surface area contributed by atoms with Crippen LogP contribution in [0.25, 0.3) is 0 Å². The van der Waals surface area contributed by atoms with E-state index in [0.717, 1.165) is 0 Å². The molecule has 0 atom stereocenters. The third kappa shape index (κ3) is 1.44. The standard InChI is InChI=1S/C8H8BrFO2/c1-4-2-5(3-11)7(10)8(12)6(4)9/h2,11-12H,3H2,1H3. The van der Waals surface area contributed by atoms with Gasteiger partial charge in [-0.2, -0.15) is 0 Å². The van der Waals surface area contributed by atoms with E-state index < -0.39 is 18.2 Å². The van der Waals surface area contributed by atoms with E-state index in [9.17, 15) is 4.39 Å². The van der Waals surface area contributed by atoms with Crippen LogP contribution in [0.15, 0.2) is 10.5 Å². The first kappa shape index (κ1) is 9.48. The minimum Gasteiger partial charge on any atom is -0.504 e. The first-order valence-electron chi connectivity index (χ1n) is 3.35. The monoisotopic (exact) mass is 234 g/mol. The second kappa shape index (κ2) is 3.41. The van der Waals surface area contributed by atoms with Crippen LogP contribution in [-0.4, -0.2) is 10.2 Å². The highest BCUT2D eigenvalue weighted by molar-refractivity contribution is 9.10. The van der Waals surface area contributed by atoms with Crippen LogP contribution in [0.4, 0.5) is 4.39 Å². The van der Waals surface area contributed by atoms with Crippen molar-refractivity contribution in [2.75, 3.05) is 0 Å². The van der Waals surface area contributed by atoms with Gasteiger partial charge in [0.05, 0.1) is 11.1 Å². The van der Waals surface area contributed by atoms with E-state index in [2.05, 4.69) is 15.9 Å². The van der Waals surface area contributed by atoms with E-state index in [1.54, 1.807) is 6.92 Å². The number of rotatable bonds is 1. The van der Waals surface area contributed by atoms with Crippen molar-refractivity contribution in [3.8, 4) is 5.75 Å². The van der Waals surface area contributed by atoms with Crippen LogP contribution in [0.2, 0.25) is 0 Å². The average Bonchev–Trinajstić information content (AvgIpc) is 2.08. The van der Waals surface area contributed by atoms with Crippen molar-refractivity contribution in [1.82, 2.24) is 0 Å². The molecule has 0 bridgehead atoms. The van der Waals surface area contributed by atoms with Gasteiger partial charge >= 0.3 is 0 Å². The Labute approximate surface area is 77.8 Å². The van der Waals surface area contributed by atoms with E-state index in [4.69, 9.17) is 10.2 Å². The maximum absolute atomic E-state index is 13.0. The Morgan fingerprint density at radius 3 is 2.67 bits per heavy atom. The normalized spacial score (nSPS) is 10.3. The minimum atomic E-state index is -0.769. The maximum atomic E-state index is 13.0. The molecule has 1 aromatic rings. The summed E-state index contributed by atoms with van der Waals surface area (Å²) in [6, 6.07) is 1.49. The van der Waals surface area contributed by atoms with E-state index >= 15 is 0 Å². The number of benzene rings is 1. The molecule has 0 heterocycles. The predicted octanol–water partition coefficient (Wildman–Crippen LogP) is 2.09. The molecule has 0 amide bonds. The average molecular weight is 235 g/mol. The minimum absolute atomic E-state index is 0.105. The Bertz CT molecular complexity index is 312. The van der Waals surface area contributed by atoms with Gasteiger partial charge < -0.3 is 10.2 Å². The van der Waals surface area contributed by atoms with Gasteiger partial charge in [0, 0.05) is 5.56 Å². The summed E-state index contributed by atoms with van der Waals surface area (Å²) in [6.07, 6.45) is 0. The van der Waals surface area contributed by atoms with Crippen LogP contribution in [0, 0.1) is 12.7 Å². The Hall–Kier alpha value is -0.610. The highest BCUT2D eigenvalue weighted by Crippen LogP contribution is 2.32. The molecular formula is C8H8BrFO2. The van der Waals surface area contributed by atoms with Crippen LogP contribution >= 0.6 is 15.9 Å². The number of phenolic OH excluding ortho intramolecular Hbond substituents is 1. The summed E-state index contributed by atoms with van der Waals surface area (Å²) in [5.41, 5.74) is 0.797. The molecule has 0 spiro atoms. The number of aliphatic hydroxyl groups excluding tert-OH is 1. The SMILES string of the molecule is Cc1cc(CO)c(F)c(O)c1Br. The molecule has 0 saturated carbocycles. The quantitative estimate of drug-likeness (QED) is 0.782. The van der Waals surface area contributed by atoms with Gasteiger partial charge in [-0.25, -0.2) is 4.39 Å². The highest BCUT2D eigenvalue weighted by Gasteiger charge is 2.12. The van der Waals surface area contributed by atoms with Crippen molar-refractivity contribution in [3.05, 3.63) is 27.5 Å². The van der Waals surface area contributed by atoms with Gasteiger partial charge in [-0.05, 0) is 34.5 Å². The molecule has 4 heteroatoms. The zero-order valence-electron chi connectivity index (χ0n) is 6.43. The summed E-state index contributed by atoms with van der Waals surface area (Å²) >= 11 is 3.02. The smallest absolute Gasteiger partial charge is 0.171 e. The van der Waals surface area contributed by atoms with Gasteiger partial charge in [0.1, 0.15) is 0 Å². The molecule has 12 heavy (non-hydrogen) atoms. The summed E-state index contributed by atoms with van der Waals surface area (Å²) in [4.78, 5) is 0. The van der Waals surface area contributed by atoms with E-state index in [1.165, 1.54) is 6.07 Å². The molecular weight excluding hydrogens is 227 g/mol. The zero-order chi connectivity index (χ0) is 9.30. The lowest BCUT2D eigenvalue weighted by Crippen LogP contribution is -1.93. The first-order chi connectivity index (χ1) is 5.57. The molecule has 0 fully saturated rings. The van der Waals surface area contributed by atoms with Crippen molar-refractivity contribution in [2.24, 2.45) is 0 Å². The van der Waals surface area contributed by atoms with Crippen LogP contribution in [0.5, 0.6) is 5.75 Å². The van der Waals surface area contributed by atoms with Crippen molar-refractivity contribution in [1.29, 1.82) is 0 Å². The summed E-state index contributed by atoms with van der Waals surface area (Å²) in [5, 5.41) is 17.9. The number of hydrogen-bond acceptors (Lipinski definition) is 2. The third-order valence-electron chi connectivity index (χ3n) is 1.61. The topological polar surface area (TPSA) is 40.5 Å². The molecule has 0 aliphatic carbocycles. The van der Waals surface area contributed by atoms with Gasteiger partial charge in [0.15, 0.2) is 11.6 Å². The lowest BCUT2D eigenvalue weighted by atomic mass is 10.1. The third-order valence-corrected chi connectivity index (χ3v) is 2.61. The Morgan fingerprint density at radius 1 is 1.58 bits per heavy atom. The molecule has 1 aromatic carbocycles. The van der Waals surface area contributed by atoms with E-state index in [0.29, 0.717) is 10.0 Å². The number of hydrogen-bond donors (Lipinski definition) is 2. The van der Waals surface area contributed by atoms with Gasteiger partial charge in [-0.1, -0.05) is 0 Å². The van der Waals surface area contributed by atoms with Crippen LogP contribution in [0.1, 0.15) is 11.1 Å². The Kier molecular flexibility index (Phi) is 2.69. The number of aliphatic hydroxyl groups is 1. The number of aromatic hydroxyl groups is 1. The van der Waals surface area contributed by atoms with Crippen molar-refractivity contribution in [2.45, 2.75) is 13.5 Å². The second-order valence-corrected chi connectivity index (χ2v) is 3.28. The molecule has 66 valence electrons. The molecule has 2 nitrogen and oxygen atoms in total. The highest BCUT2D eigenvalue weighted by atomic mass is 79.9. The van der Waals surface area contributed by atoms with Crippen molar-refractivity contribution < 1.29 is 14.6 Å². The van der Waals surface area contributed by atoms with Crippen LogP contribution in [0.3, 0.4) is 0 Å². The van der Waals surface area contributed by atoms with Gasteiger partial charge in [-0.15, -0.1) is 0 Å². The molecule has 0 saturated heterocycles. The fraction of sp³-hybridized carbons (Fsp3) is 0.250. The van der Waals surface area contributed by atoms with Gasteiger partial charge in [-0.3, -0.25) is 0 Å². The molecule has 1 rings (SSSR count). The van der Waals surface area contributed by atoms with Crippen molar-refractivity contribution >= 4 is 15.9 Å². The predicted molar refractivity (Wildman–Crippen MR) is 46.4 cm³/mol. The van der Waals surface area contributed by atoms with Crippen molar-refractivity contribution in [3.63, 3.8) is 0 Å². The fourth-order valence-corrected chi connectivity index (χ4v) is 1.23. The van der Waals surface area contributed by atoms with Crippen LogP contribution in [-0.2, 0) is 6.61 Å². The largest absolute Gasteiger partial charge is 0.504 e. The fourth-order valence-electron chi connectivity index (χ4n) is 0.938. The summed E-state index contributed by atoms with van der Waals surface area (Å²) < 4.78 is 13.3. The number of halogens is 2. The van der Waals surface area contributed by atoms with E-state index in [-0.39, 0.29) is 5.56 Å². The molecule has 0 aromatic heterocycles. The zero-order valence-corrected chi connectivity index (χ0v) is 8.02. The Morgan fingerprint density at radius 2 is 2.17 bits per heavy atom.